The van der Waals surface area contributed by atoms with Crippen molar-refractivity contribution >= 4 is 40.7 Å². The van der Waals surface area contributed by atoms with E-state index in [9.17, 15) is 0 Å². The number of oxazole rings is 1. The Bertz CT molecular complexity index is 646. The van der Waals surface area contributed by atoms with Crippen LogP contribution < -0.4 is 5.32 Å². The van der Waals surface area contributed by atoms with Crippen molar-refractivity contribution < 1.29 is 4.42 Å². The van der Waals surface area contributed by atoms with E-state index in [0.29, 0.717) is 10.6 Å². The van der Waals surface area contributed by atoms with Crippen LogP contribution in [-0.4, -0.2) is 12.0 Å². The van der Waals surface area contributed by atoms with Crippen molar-refractivity contribution in [1.29, 1.82) is 5.26 Å². The van der Waals surface area contributed by atoms with Gasteiger partial charge in [0.15, 0.2) is 0 Å². The number of rotatable bonds is 2. The van der Waals surface area contributed by atoms with Gasteiger partial charge in [0.2, 0.25) is 17.5 Å². The Labute approximate surface area is 118 Å². The predicted molar refractivity (Wildman–Crippen MR) is 71.2 cm³/mol. The number of nitrogens with zero attached hydrogens (tertiary/aromatic N) is 2. The Balaban J connectivity index is 2.60. The summed E-state index contributed by atoms with van der Waals surface area (Å²) in [5, 5.41) is 12.4. The summed E-state index contributed by atoms with van der Waals surface area (Å²) in [5.41, 5.74) is 0.624. The molecule has 92 valence electrons. The molecule has 7 heteroatoms. The van der Waals surface area contributed by atoms with Crippen molar-refractivity contribution in [3.63, 3.8) is 0 Å². The minimum absolute atomic E-state index is 0.148. The summed E-state index contributed by atoms with van der Waals surface area (Å²) in [6, 6.07) is 5.12. The Morgan fingerprint density at radius 2 is 2.00 bits per heavy atom. The van der Waals surface area contributed by atoms with E-state index in [-0.39, 0.29) is 27.5 Å². The van der Waals surface area contributed by atoms with Gasteiger partial charge in [-0.3, -0.25) is 0 Å². The number of aromatic nitrogens is 1. The quantitative estimate of drug-likeness (QED) is 0.844. The molecule has 1 heterocycles. The number of halogens is 3. The van der Waals surface area contributed by atoms with Crippen molar-refractivity contribution in [2.75, 3.05) is 12.4 Å². The molecule has 0 unspecified atom stereocenters. The van der Waals surface area contributed by atoms with Crippen LogP contribution in [0.15, 0.2) is 16.5 Å². The molecule has 0 bridgehead atoms. The summed E-state index contributed by atoms with van der Waals surface area (Å²) in [6.07, 6.45) is 0. The number of anilines is 1. The van der Waals surface area contributed by atoms with E-state index in [1.165, 1.54) is 0 Å². The fourth-order valence-corrected chi connectivity index (χ4v) is 1.99. The molecule has 2 rings (SSSR count). The first-order chi connectivity index (χ1) is 8.58. The zero-order chi connectivity index (χ0) is 13.3. The summed E-state index contributed by atoms with van der Waals surface area (Å²) in [7, 11) is 1.63. The Hall–Kier alpha value is -1.41. The lowest BCUT2D eigenvalue weighted by Crippen LogP contribution is -1.87. The van der Waals surface area contributed by atoms with Crippen LogP contribution in [0.3, 0.4) is 0 Å². The summed E-state index contributed by atoms with van der Waals surface area (Å²) < 4.78 is 5.39. The van der Waals surface area contributed by atoms with E-state index >= 15 is 0 Å². The molecular weight excluding hydrogens is 297 g/mol. The molecule has 0 aliphatic carbocycles. The Morgan fingerprint density at radius 1 is 1.28 bits per heavy atom. The second-order valence-electron chi connectivity index (χ2n) is 3.28. The average molecular weight is 303 g/mol. The first-order valence-corrected chi connectivity index (χ1v) is 5.94. The zero-order valence-corrected chi connectivity index (χ0v) is 11.4. The zero-order valence-electron chi connectivity index (χ0n) is 9.09. The smallest absolute Gasteiger partial charge is 0.232 e. The third-order valence-electron chi connectivity index (χ3n) is 2.23. The molecule has 0 spiro atoms. The van der Waals surface area contributed by atoms with Crippen LogP contribution in [0.25, 0.3) is 11.5 Å². The third-order valence-corrected chi connectivity index (χ3v) is 3.52. The highest BCUT2D eigenvalue weighted by molar-refractivity contribution is 6.49. The fourth-order valence-electron chi connectivity index (χ4n) is 1.37. The van der Waals surface area contributed by atoms with Crippen LogP contribution in [0.1, 0.15) is 5.69 Å². The second kappa shape index (κ2) is 5.07. The number of nitrogens with one attached hydrogen (secondary N) is 1. The van der Waals surface area contributed by atoms with Crippen molar-refractivity contribution in [1.82, 2.24) is 4.98 Å². The topological polar surface area (TPSA) is 61.9 Å². The van der Waals surface area contributed by atoms with E-state index in [1.54, 1.807) is 19.2 Å². The molecule has 0 atom stereocenters. The third kappa shape index (κ3) is 2.13. The van der Waals surface area contributed by atoms with Gasteiger partial charge in [-0.1, -0.05) is 34.8 Å². The van der Waals surface area contributed by atoms with E-state index in [1.807, 2.05) is 6.07 Å². The monoisotopic (exact) mass is 301 g/mol. The largest absolute Gasteiger partial charge is 0.419 e. The van der Waals surface area contributed by atoms with E-state index in [0.717, 1.165) is 0 Å². The van der Waals surface area contributed by atoms with Gasteiger partial charge in [-0.25, -0.2) is 0 Å². The molecule has 1 aromatic carbocycles. The minimum atomic E-state index is 0.148. The van der Waals surface area contributed by atoms with Gasteiger partial charge in [-0.15, -0.1) is 0 Å². The fraction of sp³-hybridized carbons (Fsp3) is 0.0909. The lowest BCUT2D eigenvalue weighted by molar-refractivity contribution is 0.589. The van der Waals surface area contributed by atoms with Crippen molar-refractivity contribution in [3.05, 3.63) is 32.9 Å². The van der Waals surface area contributed by atoms with Crippen LogP contribution in [0.5, 0.6) is 0 Å². The maximum atomic E-state index is 8.89. The predicted octanol–water partition coefficient (Wildman–Crippen LogP) is 4.22. The Morgan fingerprint density at radius 3 is 2.56 bits per heavy atom. The highest BCUT2D eigenvalue weighted by Crippen LogP contribution is 2.38. The summed E-state index contributed by atoms with van der Waals surface area (Å²) >= 11 is 17.8. The van der Waals surface area contributed by atoms with Gasteiger partial charge in [-0.2, -0.15) is 10.2 Å². The van der Waals surface area contributed by atoms with Gasteiger partial charge < -0.3 is 9.73 Å². The van der Waals surface area contributed by atoms with Crippen molar-refractivity contribution in [3.8, 4) is 17.5 Å². The minimum Gasteiger partial charge on any atom is -0.419 e. The highest BCUT2D eigenvalue weighted by atomic mass is 35.5. The van der Waals surface area contributed by atoms with Crippen molar-refractivity contribution in [2.24, 2.45) is 0 Å². The van der Waals surface area contributed by atoms with Crippen LogP contribution in [-0.2, 0) is 0 Å². The van der Waals surface area contributed by atoms with Crippen LogP contribution in [0, 0.1) is 11.3 Å². The normalized spacial score (nSPS) is 10.2. The van der Waals surface area contributed by atoms with Crippen LogP contribution in [0.2, 0.25) is 15.1 Å². The van der Waals surface area contributed by atoms with Gasteiger partial charge >= 0.3 is 0 Å². The molecule has 2 aromatic rings. The molecule has 0 saturated heterocycles. The first-order valence-electron chi connectivity index (χ1n) is 4.81. The van der Waals surface area contributed by atoms with Gasteiger partial charge in [0, 0.05) is 7.05 Å². The molecule has 0 aliphatic rings. The van der Waals surface area contributed by atoms with E-state index < -0.39 is 0 Å². The van der Waals surface area contributed by atoms with Crippen LogP contribution in [0.4, 0.5) is 5.88 Å². The molecule has 0 saturated carbocycles. The molecule has 4 nitrogen and oxygen atoms in total. The van der Waals surface area contributed by atoms with Gasteiger partial charge in [0.25, 0.3) is 0 Å². The number of hydrogen-bond acceptors (Lipinski definition) is 4. The van der Waals surface area contributed by atoms with E-state index in [2.05, 4.69) is 10.3 Å². The molecule has 1 aromatic heterocycles. The molecule has 0 amide bonds. The standard InChI is InChI=1S/C11H6Cl3N3O/c1-16-11-7(4-15)17-10(18-11)5-2-3-6(12)9(14)8(5)13/h2-3,16H,1H3. The Kier molecular flexibility index (Phi) is 3.67. The maximum Gasteiger partial charge on any atom is 0.232 e. The summed E-state index contributed by atoms with van der Waals surface area (Å²) in [4.78, 5) is 4.02. The van der Waals surface area contributed by atoms with Crippen molar-refractivity contribution in [2.45, 2.75) is 0 Å². The maximum absolute atomic E-state index is 8.89. The highest BCUT2D eigenvalue weighted by Gasteiger charge is 2.18. The molecular formula is C11H6Cl3N3O. The number of nitriles is 1. The SMILES string of the molecule is CNc1oc(-c2ccc(Cl)c(Cl)c2Cl)nc1C#N. The second-order valence-corrected chi connectivity index (χ2v) is 4.44. The molecule has 1 N–H and O–H groups in total. The van der Waals surface area contributed by atoms with E-state index in [4.69, 9.17) is 44.5 Å². The molecule has 18 heavy (non-hydrogen) atoms. The molecule has 0 fully saturated rings. The summed E-state index contributed by atoms with van der Waals surface area (Å²) in [6.45, 7) is 0. The molecule has 0 aliphatic heterocycles. The number of benzene rings is 1. The van der Waals surface area contributed by atoms with Gasteiger partial charge in [-0.05, 0) is 12.1 Å². The van der Waals surface area contributed by atoms with Crippen LogP contribution >= 0.6 is 34.8 Å². The van der Waals surface area contributed by atoms with Gasteiger partial charge in [0.05, 0.1) is 20.6 Å². The van der Waals surface area contributed by atoms with Gasteiger partial charge in [0.1, 0.15) is 6.07 Å². The lowest BCUT2D eigenvalue weighted by atomic mass is 10.2. The molecule has 0 radical (unpaired) electrons. The summed E-state index contributed by atoms with van der Waals surface area (Å²) in [5.74, 6) is 0.481. The number of hydrogen-bond donors (Lipinski definition) is 1. The lowest BCUT2D eigenvalue weighted by Gasteiger charge is -2.03. The average Bonchev–Trinajstić information content (AvgIpc) is 2.79. The first kappa shape index (κ1) is 13.0.